The Morgan fingerprint density at radius 1 is 0.933 bits per heavy atom. The minimum Gasteiger partial charge on any atom is -0.504 e. The minimum atomic E-state index is -0.207. The summed E-state index contributed by atoms with van der Waals surface area (Å²) in [6.45, 7) is 0. The number of phenols is 2. The Balaban J connectivity index is 2.63. The van der Waals surface area contributed by atoms with Gasteiger partial charge in [0.25, 0.3) is 0 Å². The van der Waals surface area contributed by atoms with Crippen molar-refractivity contribution in [3.8, 4) is 22.6 Å². The quantitative estimate of drug-likeness (QED) is 0.723. The molecule has 0 aromatic heterocycles. The van der Waals surface area contributed by atoms with E-state index in [1.54, 1.807) is 6.07 Å². The molecule has 0 saturated carbocycles. The largest absolute Gasteiger partial charge is 0.504 e. The van der Waals surface area contributed by atoms with Gasteiger partial charge in [-0.05, 0) is 11.6 Å². The van der Waals surface area contributed by atoms with Gasteiger partial charge in [-0.2, -0.15) is 0 Å². The van der Waals surface area contributed by atoms with E-state index in [4.69, 9.17) is 11.6 Å². The molecule has 0 bridgehead atoms. The molecule has 0 spiro atoms. The number of hydrogen-bond donors (Lipinski definition) is 2. The lowest BCUT2D eigenvalue weighted by atomic mass is 10.0. The van der Waals surface area contributed by atoms with Gasteiger partial charge in [-0.3, -0.25) is 0 Å². The third-order valence-corrected chi connectivity index (χ3v) is 2.36. The molecule has 0 radical (unpaired) electrons. The number of aromatic hydroxyl groups is 2. The summed E-state index contributed by atoms with van der Waals surface area (Å²) in [5.41, 5.74) is 1.34. The van der Waals surface area contributed by atoms with E-state index >= 15 is 0 Å². The van der Waals surface area contributed by atoms with Crippen molar-refractivity contribution in [3.05, 3.63) is 47.5 Å². The van der Waals surface area contributed by atoms with E-state index < -0.39 is 0 Å². The Kier molecular flexibility index (Phi) is 2.52. The summed E-state index contributed by atoms with van der Waals surface area (Å²) in [5, 5.41) is 19.5. The highest BCUT2D eigenvalue weighted by molar-refractivity contribution is 6.31. The van der Waals surface area contributed by atoms with E-state index in [2.05, 4.69) is 0 Å². The van der Waals surface area contributed by atoms with E-state index in [0.717, 1.165) is 5.56 Å². The van der Waals surface area contributed by atoms with Crippen LogP contribution in [-0.4, -0.2) is 10.2 Å². The minimum absolute atomic E-state index is 0.148. The molecule has 76 valence electrons. The van der Waals surface area contributed by atoms with E-state index in [1.807, 2.05) is 30.3 Å². The first kappa shape index (κ1) is 9.87. The summed E-state index contributed by atoms with van der Waals surface area (Å²) in [6, 6.07) is 12.2. The summed E-state index contributed by atoms with van der Waals surface area (Å²) < 4.78 is 0. The van der Waals surface area contributed by atoms with Crippen molar-refractivity contribution in [2.75, 3.05) is 0 Å². The van der Waals surface area contributed by atoms with Crippen molar-refractivity contribution in [3.63, 3.8) is 0 Å². The average Bonchev–Trinajstić information content (AvgIpc) is 2.24. The second kappa shape index (κ2) is 3.83. The first-order chi connectivity index (χ1) is 7.18. The highest BCUT2D eigenvalue weighted by Gasteiger charge is 2.09. The Labute approximate surface area is 92.4 Å². The fourth-order valence-electron chi connectivity index (χ4n) is 1.42. The molecule has 0 heterocycles. The van der Waals surface area contributed by atoms with Crippen molar-refractivity contribution < 1.29 is 10.2 Å². The van der Waals surface area contributed by atoms with Crippen LogP contribution in [0.4, 0.5) is 0 Å². The van der Waals surface area contributed by atoms with E-state index in [1.165, 1.54) is 6.07 Å². The molecule has 0 aliphatic rings. The number of benzene rings is 2. The second-order valence-electron chi connectivity index (χ2n) is 3.19. The molecule has 0 unspecified atom stereocenters. The Hall–Kier alpha value is -1.67. The molecule has 0 saturated heterocycles. The highest BCUT2D eigenvalue weighted by Crippen LogP contribution is 2.38. The van der Waals surface area contributed by atoms with Gasteiger partial charge in [0.2, 0.25) is 0 Å². The normalized spacial score (nSPS) is 10.2. The summed E-state index contributed by atoms with van der Waals surface area (Å²) in [5.74, 6) is -0.355. The predicted molar refractivity (Wildman–Crippen MR) is 60.2 cm³/mol. The van der Waals surface area contributed by atoms with E-state index in [0.29, 0.717) is 10.6 Å². The van der Waals surface area contributed by atoms with Gasteiger partial charge in [-0.1, -0.05) is 41.9 Å². The van der Waals surface area contributed by atoms with Crippen LogP contribution >= 0.6 is 11.6 Å². The lowest BCUT2D eigenvalue weighted by Crippen LogP contribution is -1.80. The molecule has 2 nitrogen and oxygen atoms in total. The zero-order valence-electron chi connectivity index (χ0n) is 7.81. The number of rotatable bonds is 1. The van der Waals surface area contributed by atoms with Gasteiger partial charge < -0.3 is 10.2 Å². The molecule has 0 amide bonds. The summed E-state index contributed by atoms with van der Waals surface area (Å²) >= 11 is 5.80. The van der Waals surface area contributed by atoms with Gasteiger partial charge in [0.1, 0.15) is 0 Å². The Morgan fingerprint density at radius 3 is 2.27 bits per heavy atom. The lowest BCUT2D eigenvalue weighted by Gasteiger charge is -2.06. The standard InChI is InChI=1S/C12H9ClO2/c13-9-6-10(12(15)11(14)7-9)8-4-2-1-3-5-8/h1-7,14-15H. The van der Waals surface area contributed by atoms with Crippen LogP contribution in [-0.2, 0) is 0 Å². The fourth-order valence-corrected chi connectivity index (χ4v) is 1.64. The molecule has 0 fully saturated rings. The lowest BCUT2D eigenvalue weighted by molar-refractivity contribution is 0.405. The maximum absolute atomic E-state index is 9.67. The predicted octanol–water partition coefficient (Wildman–Crippen LogP) is 3.42. The second-order valence-corrected chi connectivity index (χ2v) is 3.62. The van der Waals surface area contributed by atoms with Crippen LogP contribution in [0.3, 0.4) is 0 Å². The number of hydrogen-bond acceptors (Lipinski definition) is 2. The molecule has 0 atom stereocenters. The van der Waals surface area contributed by atoms with Crippen molar-refractivity contribution in [2.45, 2.75) is 0 Å². The molecule has 2 rings (SSSR count). The van der Waals surface area contributed by atoms with Crippen LogP contribution in [0.25, 0.3) is 11.1 Å². The number of phenolic OH excluding ortho intramolecular Hbond substituents is 2. The van der Waals surface area contributed by atoms with Gasteiger partial charge in [0.15, 0.2) is 11.5 Å². The molecular formula is C12H9ClO2. The third-order valence-electron chi connectivity index (χ3n) is 2.14. The average molecular weight is 221 g/mol. The molecule has 15 heavy (non-hydrogen) atoms. The number of halogens is 1. The third kappa shape index (κ3) is 1.90. The van der Waals surface area contributed by atoms with Crippen molar-refractivity contribution in [1.82, 2.24) is 0 Å². The summed E-state index contributed by atoms with van der Waals surface area (Å²) in [6.07, 6.45) is 0. The first-order valence-corrected chi connectivity index (χ1v) is 4.83. The van der Waals surface area contributed by atoms with Crippen LogP contribution in [0.1, 0.15) is 0 Å². The van der Waals surface area contributed by atoms with Crippen LogP contribution in [0, 0.1) is 0 Å². The summed E-state index contributed by atoms with van der Waals surface area (Å²) in [7, 11) is 0. The molecule has 2 N–H and O–H groups in total. The van der Waals surface area contributed by atoms with Crippen LogP contribution < -0.4 is 0 Å². The van der Waals surface area contributed by atoms with Crippen molar-refractivity contribution in [2.24, 2.45) is 0 Å². The van der Waals surface area contributed by atoms with Crippen molar-refractivity contribution in [1.29, 1.82) is 0 Å². The molecule has 0 aliphatic heterocycles. The van der Waals surface area contributed by atoms with Crippen LogP contribution in [0.2, 0.25) is 5.02 Å². The highest BCUT2D eigenvalue weighted by atomic mass is 35.5. The van der Waals surface area contributed by atoms with E-state index in [9.17, 15) is 10.2 Å². The van der Waals surface area contributed by atoms with Gasteiger partial charge in [-0.25, -0.2) is 0 Å². The Bertz CT molecular complexity index is 480. The first-order valence-electron chi connectivity index (χ1n) is 4.45. The molecular weight excluding hydrogens is 212 g/mol. The monoisotopic (exact) mass is 220 g/mol. The zero-order chi connectivity index (χ0) is 10.8. The molecule has 3 heteroatoms. The van der Waals surface area contributed by atoms with Gasteiger partial charge >= 0.3 is 0 Å². The van der Waals surface area contributed by atoms with Gasteiger partial charge in [0.05, 0.1) is 0 Å². The summed E-state index contributed by atoms with van der Waals surface area (Å²) in [4.78, 5) is 0. The van der Waals surface area contributed by atoms with Crippen molar-refractivity contribution >= 4 is 11.6 Å². The smallest absolute Gasteiger partial charge is 0.165 e. The molecule has 2 aromatic carbocycles. The van der Waals surface area contributed by atoms with Gasteiger partial charge in [-0.15, -0.1) is 0 Å². The van der Waals surface area contributed by atoms with Crippen LogP contribution in [0.5, 0.6) is 11.5 Å². The topological polar surface area (TPSA) is 40.5 Å². The molecule has 0 aliphatic carbocycles. The van der Waals surface area contributed by atoms with Gasteiger partial charge in [0, 0.05) is 16.7 Å². The fraction of sp³-hybridized carbons (Fsp3) is 0. The zero-order valence-corrected chi connectivity index (χ0v) is 8.57. The maximum atomic E-state index is 9.67. The SMILES string of the molecule is Oc1cc(Cl)cc(-c2ccccc2)c1O. The van der Waals surface area contributed by atoms with E-state index in [-0.39, 0.29) is 11.5 Å². The Morgan fingerprint density at radius 2 is 1.60 bits per heavy atom. The maximum Gasteiger partial charge on any atom is 0.165 e. The van der Waals surface area contributed by atoms with Crippen LogP contribution in [0.15, 0.2) is 42.5 Å². The molecule has 2 aromatic rings.